The normalized spacial score (nSPS) is 20.2. The van der Waals surface area contributed by atoms with Crippen molar-refractivity contribution in [3.05, 3.63) is 25.3 Å². The third-order valence-corrected chi connectivity index (χ3v) is 3.83. The van der Waals surface area contributed by atoms with Crippen molar-refractivity contribution >= 4 is 0 Å². The van der Waals surface area contributed by atoms with Crippen molar-refractivity contribution in [3.8, 4) is 0 Å². The zero-order valence-corrected chi connectivity index (χ0v) is 14.3. The van der Waals surface area contributed by atoms with Crippen molar-refractivity contribution in [1.82, 2.24) is 0 Å². The van der Waals surface area contributed by atoms with Crippen molar-refractivity contribution in [3.63, 3.8) is 0 Å². The Morgan fingerprint density at radius 2 is 0.742 bits per heavy atom. The van der Waals surface area contributed by atoms with Crippen LogP contribution in [0.1, 0.15) is 0 Å². The molecule has 0 aromatic rings. The van der Waals surface area contributed by atoms with Crippen LogP contribution in [0.4, 0.5) is 70.2 Å². The molecule has 0 fully saturated rings. The molecule has 0 aliphatic heterocycles. The molecule has 17 heteroatoms. The van der Waals surface area contributed by atoms with Crippen LogP contribution in [-0.2, 0) is 4.74 Å². The summed E-state index contributed by atoms with van der Waals surface area (Å²) in [6, 6.07) is 0. The number of hydrogen-bond acceptors (Lipinski definition) is 1. The summed E-state index contributed by atoms with van der Waals surface area (Å²) < 4.78 is 212. The fourth-order valence-electron chi connectivity index (χ4n) is 2.07. The molecule has 4 unspecified atom stereocenters. The van der Waals surface area contributed by atoms with Gasteiger partial charge in [0, 0.05) is 0 Å². The summed E-state index contributed by atoms with van der Waals surface area (Å²) in [6.07, 6.45) is -35.4. The first kappa shape index (κ1) is 29.3. The van der Waals surface area contributed by atoms with Gasteiger partial charge in [-0.25, -0.2) is 26.3 Å². The van der Waals surface area contributed by atoms with Gasteiger partial charge in [-0.1, -0.05) is 12.2 Å². The van der Waals surface area contributed by atoms with Gasteiger partial charge in [-0.05, 0) is 0 Å². The van der Waals surface area contributed by atoms with Crippen LogP contribution in [0.5, 0.6) is 0 Å². The predicted octanol–water partition coefficient (Wildman–Crippen LogP) is 6.45. The van der Waals surface area contributed by atoms with Gasteiger partial charge in [-0.2, -0.15) is 43.9 Å². The van der Waals surface area contributed by atoms with Crippen molar-refractivity contribution < 1.29 is 75.0 Å². The molecule has 0 bridgehead atoms. The monoisotopic (exact) mass is 498 g/mol. The fraction of sp³-hybridized carbons (Fsp3) is 0.714. The topological polar surface area (TPSA) is 9.23 Å². The molecular weight excluding hydrogens is 488 g/mol. The van der Waals surface area contributed by atoms with Gasteiger partial charge in [0.15, 0.2) is 0 Å². The molecule has 0 heterocycles. The van der Waals surface area contributed by atoms with Crippen molar-refractivity contribution in [1.29, 1.82) is 0 Å². The summed E-state index contributed by atoms with van der Waals surface area (Å²) in [5.74, 6) is -13.2. The summed E-state index contributed by atoms with van der Waals surface area (Å²) in [7, 11) is 0. The molecule has 0 aliphatic rings. The summed E-state index contributed by atoms with van der Waals surface area (Å²) in [4.78, 5) is 0. The minimum Gasteiger partial charge on any atom is -0.354 e. The lowest BCUT2D eigenvalue weighted by atomic mass is 9.90. The largest absolute Gasteiger partial charge is 0.434 e. The number of halogens is 16. The van der Waals surface area contributed by atoms with E-state index in [0.717, 1.165) is 0 Å². The van der Waals surface area contributed by atoms with Crippen LogP contribution >= 0.6 is 0 Å². The average molecular weight is 498 g/mol. The standard InChI is InChI=1S/C14H10F16O/c1-3-5(11(21,22)9(19,7(15)16)13(25,26)27)31-6(4-2)12(23,24)10(20,8(17)18)14(28,29)30/h3-8H,1-2H2. The molecule has 184 valence electrons. The van der Waals surface area contributed by atoms with Gasteiger partial charge in [-0.15, -0.1) is 13.2 Å². The maximum absolute atomic E-state index is 13.9. The molecule has 31 heavy (non-hydrogen) atoms. The van der Waals surface area contributed by atoms with E-state index in [4.69, 9.17) is 0 Å². The van der Waals surface area contributed by atoms with E-state index >= 15 is 0 Å². The molecule has 0 rings (SSSR count). The molecule has 0 aromatic heterocycles. The van der Waals surface area contributed by atoms with Crippen molar-refractivity contribution in [2.24, 2.45) is 0 Å². The minimum absolute atomic E-state index is 0.717. The lowest BCUT2D eigenvalue weighted by molar-refractivity contribution is -0.371. The molecule has 0 aliphatic carbocycles. The maximum atomic E-state index is 13.9. The van der Waals surface area contributed by atoms with Gasteiger partial charge >= 0.3 is 35.5 Å². The first-order valence-electron chi connectivity index (χ1n) is 7.25. The Kier molecular flexibility index (Phi) is 8.22. The molecule has 4 atom stereocenters. The second kappa shape index (κ2) is 8.69. The van der Waals surface area contributed by atoms with Gasteiger partial charge in [0.05, 0.1) is 0 Å². The molecule has 0 saturated carbocycles. The predicted molar refractivity (Wildman–Crippen MR) is 70.7 cm³/mol. The van der Waals surface area contributed by atoms with Crippen LogP contribution in [0.15, 0.2) is 25.3 Å². The Bertz CT molecular complexity index is 583. The minimum atomic E-state index is -7.11. The van der Waals surface area contributed by atoms with Gasteiger partial charge in [0.1, 0.15) is 12.2 Å². The van der Waals surface area contributed by atoms with Crippen LogP contribution in [0, 0.1) is 0 Å². The highest BCUT2D eigenvalue weighted by Gasteiger charge is 2.81. The molecular formula is C14H10F16O. The van der Waals surface area contributed by atoms with Crippen LogP contribution in [-0.4, -0.2) is 60.6 Å². The third-order valence-electron chi connectivity index (χ3n) is 3.83. The molecule has 0 radical (unpaired) electrons. The zero-order chi connectivity index (χ0) is 25.4. The summed E-state index contributed by atoms with van der Waals surface area (Å²) >= 11 is 0. The summed E-state index contributed by atoms with van der Waals surface area (Å²) in [5.41, 5.74) is -13.7. The van der Waals surface area contributed by atoms with E-state index in [2.05, 4.69) is 17.9 Å². The molecule has 1 nitrogen and oxygen atoms in total. The van der Waals surface area contributed by atoms with E-state index < -0.39 is 72.7 Å². The Hall–Kier alpha value is -1.68. The SMILES string of the molecule is C=CC(OC(C=C)C(F)(F)C(F)(C(F)F)C(F)(F)F)C(F)(F)C(F)(C(F)F)C(F)(F)F. The molecule has 0 aromatic carbocycles. The Balaban J connectivity index is 6.54. The number of hydrogen-bond donors (Lipinski definition) is 0. The van der Waals surface area contributed by atoms with E-state index in [1.54, 1.807) is 0 Å². The van der Waals surface area contributed by atoms with E-state index in [-0.39, 0.29) is 0 Å². The van der Waals surface area contributed by atoms with Crippen molar-refractivity contribution in [2.75, 3.05) is 0 Å². The molecule has 0 saturated heterocycles. The van der Waals surface area contributed by atoms with Gasteiger partial charge in [0.25, 0.3) is 12.9 Å². The van der Waals surface area contributed by atoms with Gasteiger partial charge in [0.2, 0.25) is 0 Å². The molecule has 0 amide bonds. The average Bonchev–Trinajstić information content (AvgIpc) is 2.57. The zero-order valence-electron chi connectivity index (χ0n) is 14.3. The number of rotatable bonds is 10. The third kappa shape index (κ3) is 4.46. The smallest absolute Gasteiger partial charge is 0.354 e. The van der Waals surface area contributed by atoms with Crippen LogP contribution < -0.4 is 0 Å². The lowest BCUT2D eigenvalue weighted by Crippen LogP contribution is -2.67. The maximum Gasteiger partial charge on any atom is 0.434 e. The van der Waals surface area contributed by atoms with E-state index in [0.29, 0.717) is 0 Å². The highest BCUT2D eigenvalue weighted by molar-refractivity contribution is 5.14. The first-order chi connectivity index (χ1) is 13.5. The molecule has 0 N–H and O–H groups in total. The van der Waals surface area contributed by atoms with E-state index in [1.165, 1.54) is 0 Å². The number of alkyl halides is 16. The Labute approximate surface area is 162 Å². The highest BCUT2D eigenvalue weighted by atomic mass is 19.4. The quantitative estimate of drug-likeness (QED) is 0.249. The second-order valence-corrected chi connectivity index (χ2v) is 5.72. The van der Waals surface area contributed by atoms with Crippen molar-refractivity contribution in [2.45, 2.75) is 60.6 Å². The highest BCUT2D eigenvalue weighted by Crippen LogP contribution is 2.54. The summed E-state index contributed by atoms with van der Waals surface area (Å²) in [6.45, 7) is 4.54. The number of ether oxygens (including phenoxy) is 1. The van der Waals surface area contributed by atoms with Crippen LogP contribution in [0.3, 0.4) is 0 Å². The molecule has 0 spiro atoms. The Morgan fingerprint density at radius 3 is 0.871 bits per heavy atom. The summed E-state index contributed by atoms with van der Waals surface area (Å²) in [5, 5.41) is 0. The second-order valence-electron chi connectivity index (χ2n) is 5.72. The van der Waals surface area contributed by atoms with Gasteiger partial charge < -0.3 is 4.74 Å². The first-order valence-corrected chi connectivity index (χ1v) is 7.25. The van der Waals surface area contributed by atoms with E-state index in [9.17, 15) is 70.2 Å². The fourth-order valence-corrected chi connectivity index (χ4v) is 2.07. The lowest BCUT2D eigenvalue weighted by Gasteiger charge is -2.41. The Morgan fingerprint density at radius 1 is 0.516 bits per heavy atom. The van der Waals surface area contributed by atoms with Crippen LogP contribution in [0.25, 0.3) is 0 Å². The van der Waals surface area contributed by atoms with Gasteiger partial charge in [-0.3, -0.25) is 0 Å². The van der Waals surface area contributed by atoms with Crippen LogP contribution in [0.2, 0.25) is 0 Å². The van der Waals surface area contributed by atoms with E-state index in [1.807, 2.05) is 0 Å².